The second-order valence-electron chi connectivity index (χ2n) is 7.82. The molecule has 0 radical (unpaired) electrons. The van der Waals surface area contributed by atoms with Crippen molar-refractivity contribution >= 4 is 11.9 Å². The minimum absolute atomic E-state index is 0.0166. The van der Waals surface area contributed by atoms with Crippen LogP contribution in [0.15, 0.2) is 29.4 Å². The number of carbonyl (C=O) groups is 1. The van der Waals surface area contributed by atoms with Crippen LogP contribution in [-0.2, 0) is 11.2 Å². The summed E-state index contributed by atoms with van der Waals surface area (Å²) in [6.45, 7) is 10.8. The molecule has 0 saturated carbocycles. The van der Waals surface area contributed by atoms with E-state index in [2.05, 4.69) is 47.9 Å². The Kier molecular flexibility index (Phi) is 5.70. The van der Waals surface area contributed by atoms with Crippen LogP contribution in [-0.4, -0.2) is 65.9 Å². The van der Waals surface area contributed by atoms with Crippen LogP contribution in [0.2, 0.25) is 0 Å². The number of amides is 1. The molecule has 1 aromatic rings. The Morgan fingerprint density at radius 2 is 2.08 bits per heavy atom. The summed E-state index contributed by atoms with van der Waals surface area (Å²) in [5, 5.41) is 3.21. The first-order valence-electron chi connectivity index (χ1n) is 8.81. The highest BCUT2D eigenvalue weighted by molar-refractivity contribution is 5.87. The van der Waals surface area contributed by atoms with Crippen LogP contribution < -0.4 is 5.32 Å². The van der Waals surface area contributed by atoms with Crippen molar-refractivity contribution < 1.29 is 4.79 Å². The summed E-state index contributed by atoms with van der Waals surface area (Å²) >= 11 is 0. The second-order valence-corrected chi connectivity index (χ2v) is 7.82. The monoisotopic (exact) mass is 345 g/mol. The zero-order chi connectivity index (χ0) is 18.7. The number of hydrogen-bond acceptors (Lipinski definition) is 3. The lowest BCUT2D eigenvalue weighted by Crippen LogP contribution is -2.72. The van der Waals surface area contributed by atoms with Gasteiger partial charge in [0.15, 0.2) is 5.96 Å². The number of likely N-dealkylation sites (tertiary alicyclic amines) is 1. The molecule has 1 aliphatic rings. The first-order chi connectivity index (χ1) is 11.7. The second kappa shape index (κ2) is 7.42. The summed E-state index contributed by atoms with van der Waals surface area (Å²) in [7, 11) is 3.59. The van der Waals surface area contributed by atoms with Gasteiger partial charge in [-0.05, 0) is 26.0 Å². The summed E-state index contributed by atoms with van der Waals surface area (Å²) in [5.74, 6) is 0.838. The maximum Gasteiger partial charge on any atom is 0.241 e. The lowest BCUT2D eigenvalue weighted by Gasteiger charge is -2.62. The molecule has 0 bridgehead atoms. The molecule has 2 heterocycles. The molecule has 2 rings (SSSR count). The van der Waals surface area contributed by atoms with Crippen LogP contribution >= 0.6 is 0 Å². The standard InChI is InChI=1S/C19H31N5O/c1-18(2)14-24(19(18,3)4)17(20-5)22-13-16(25)23(6)12-10-15-9-7-8-11-21-15/h7-9,11H,10,12-14H2,1-6H3,(H,20,22). The third-order valence-electron chi connectivity index (χ3n) is 5.60. The van der Waals surface area contributed by atoms with Crippen molar-refractivity contribution in [3.63, 3.8) is 0 Å². The molecule has 0 atom stereocenters. The van der Waals surface area contributed by atoms with Crippen LogP contribution in [0.4, 0.5) is 0 Å². The molecule has 0 unspecified atom stereocenters. The lowest BCUT2D eigenvalue weighted by molar-refractivity contribution is -0.128. The number of pyridine rings is 1. The Morgan fingerprint density at radius 3 is 2.60 bits per heavy atom. The Bertz CT molecular complexity index is 624. The Labute approximate surface area is 151 Å². The van der Waals surface area contributed by atoms with E-state index in [0.29, 0.717) is 6.54 Å². The number of rotatable bonds is 5. The molecule has 6 nitrogen and oxygen atoms in total. The number of hydrogen-bond donors (Lipinski definition) is 1. The van der Waals surface area contributed by atoms with Gasteiger partial charge in [-0.15, -0.1) is 0 Å². The maximum absolute atomic E-state index is 12.4. The number of aromatic nitrogens is 1. The van der Waals surface area contributed by atoms with E-state index in [1.54, 1.807) is 18.1 Å². The van der Waals surface area contributed by atoms with Crippen LogP contribution in [0.3, 0.4) is 0 Å². The molecule has 1 amide bonds. The zero-order valence-corrected chi connectivity index (χ0v) is 16.3. The summed E-state index contributed by atoms with van der Waals surface area (Å²) in [6, 6.07) is 5.84. The molecule has 1 aliphatic heterocycles. The molecule has 0 spiro atoms. The predicted molar refractivity (Wildman–Crippen MR) is 102 cm³/mol. The number of nitrogens with one attached hydrogen (secondary N) is 1. The first kappa shape index (κ1) is 19.2. The van der Waals surface area contributed by atoms with Gasteiger partial charge >= 0.3 is 0 Å². The van der Waals surface area contributed by atoms with Gasteiger partial charge in [0.2, 0.25) is 5.91 Å². The highest BCUT2D eigenvalue weighted by Crippen LogP contribution is 2.46. The van der Waals surface area contributed by atoms with Crippen LogP contribution in [0.25, 0.3) is 0 Å². The molecule has 25 heavy (non-hydrogen) atoms. The van der Waals surface area contributed by atoms with Crippen molar-refractivity contribution in [1.82, 2.24) is 20.1 Å². The number of guanidine groups is 1. The van der Waals surface area contributed by atoms with E-state index in [1.165, 1.54) is 0 Å². The van der Waals surface area contributed by atoms with E-state index in [-0.39, 0.29) is 23.4 Å². The van der Waals surface area contributed by atoms with E-state index in [9.17, 15) is 4.79 Å². The van der Waals surface area contributed by atoms with Crippen LogP contribution in [0.5, 0.6) is 0 Å². The van der Waals surface area contributed by atoms with Crippen LogP contribution in [0.1, 0.15) is 33.4 Å². The van der Waals surface area contributed by atoms with E-state index in [0.717, 1.165) is 24.6 Å². The van der Waals surface area contributed by atoms with Gasteiger partial charge in [0.1, 0.15) is 0 Å². The van der Waals surface area contributed by atoms with Crippen LogP contribution in [0, 0.1) is 5.41 Å². The molecule has 138 valence electrons. The van der Waals surface area contributed by atoms with Gasteiger partial charge in [-0.2, -0.15) is 0 Å². The molecule has 0 aliphatic carbocycles. The van der Waals surface area contributed by atoms with Crippen molar-refractivity contribution in [2.24, 2.45) is 10.4 Å². The SMILES string of the molecule is CN=C(NCC(=O)N(C)CCc1ccccn1)N1CC(C)(C)C1(C)C. The zero-order valence-electron chi connectivity index (χ0n) is 16.3. The molecular weight excluding hydrogens is 314 g/mol. The average molecular weight is 345 g/mol. The van der Waals surface area contributed by atoms with Gasteiger partial charge in [0, 0.05) is 56.5 Å². The van der Waals surface area contributed by atoms with Gasteiger partial charge < -0.3 is 15.1 Å². The highest BCUT2D eigenvalue weighted by atomic mass is 16.2. The van der Waals surface area contributed by atoms with Crippen molar-refractivity contribution in [2.75, 3.05) is 33.7 Å². The third kappa shape index (κ3) is 4.11. The minimum Gasteiger partial charge on any atom is -0.347 e. The smallest absolute Gasteiger partial charge is 0.241 e. The number of likely N-dealkylation sites (N-methyl/N-ethyl adjacent to an activating group) is 1. The van der Waals surface area contributed by atoms with E-state index < -0.39 is 0 Å². The van der Waals surface area contributed by atoms with E-state index >= 15 is 0 Å². The van der Waals surface area contributed by atoms with Gasteiger partial charge in [0.25, 0.3) is 0 Å². The summed E-state index contributed by atoms with van der Waals surface area (Å²) in [5.41, 5.74) is 1.24. The molecule has 0 aromatic carbocycles. The van der Waals surface area contributed by atoms with E-state index in [4.69, 9.17) is 0 Å². The van der Waals surface area contributed by atoms with Crippen molar-refractivity contribution in [3.8, 4) is 0 Å². The Morgan fingerprint density at radius 1 is 1.36 bits per heavy atom. The maximum atomic E-state index is 12.4. The lowest BCUT2D eigenvalue weighted by atomic mass is 9.65. The quantitative estimate of drug-likeness (QED) is 0.653. The van der Waals surface area contributed by atoms with Gasteiger partial charge in [-0.1, -0.05) is 19.9 Å². The molecule has 6 heteroatoms. The minimum atomic E-state index is 0.0166. The normalized spacial score (nSPS) is 18.5. The summed E-state index contributed by atoms with van der Waals surface area (Å²) in [6.07, 6.45) is 2.53. The Hall–Kier alpha value is -2.11. The fourth-order valence-electron chi connectivity index (χ4n) is 2.94. The average Bonchev–Trinajstić information content (AvgIpc) is 2.59. The third-order valence-corrected chi connectivity index (χ3v) is 5.60. The number of aliphatic imine (C=N–C) groups is 1. The number of nitrogens with zero attached hydrogens (tertiary/aromatic N) is 4. The van der Waals surface area contributed by atoms with Crippen molar-refractivity contribution in [1.29, 1.82) is 0 Å². The molecule has 1 fully saturated rings. The molecule has 1 aromatic heterocycles. The fraction of sp³-hybridized carbons (Fsp3) is 0.632. The van der Waals surface area contributed by atoms with Gasteiger partial charge in [0.05, 0.1) is 6.54 Å². The fourth-order valence-corrected chi connectivity index (χ4v) is 2.94. The Balaban J connectivity index is 1.82. The number of carbonyl (C=O) groups excluding carboxylic acids is 1. The van der Waals surface area contributed by atoms with Gasteiger partial charge in [-0.25, -0.2) is 0 Å². The molecule has 1 saturated heterocycles. The summed E-state index contributed by atoms with van der Waals surface area (Å²) < 4.78 is 0. The van der Waals surface area contributed by atoms with Crippen molar-refractivity contribution in [3.05, 3.63) is 30.1 Å². The molecular formula is C19H31N5O. The first-order valence-corrected chi connectivity index (χ1v) is 8.81. The van der Waals surface area contributed by atoms with E-state index in [1.807, 2.05) is 25.2 Å². The van der Waals surface area contributed by atoms with Crippen molar-refractivity contribution in [2.45, 2.75) is 39.7 Å². The topological polar surface area (TPSA) is 60.8 Å². The molecule has 1 N–H and O–H groups in total. The predicted octanol–water partition coefficient (Wildman–Crippen LogP) is 1.78. The highest BCUT2D eigenvalue weighted by Gasteiger charge is 2.53. The van der Waals surface area contributed by atoms with Gasteiger partial charge in [-0.3, -0.25) is 14.8 Å². The summed E-state index contributed by atoms with van der Waals surface area (Å²) in [4.78, 5) is 25.0. The largest absolute Gasteiger partial charge is 0.347 e.